The molecule has 3 aromatic rings. The van der Waals surface area contributed by atoms with Gasteiger partial charge in [0.1, 0.15) is 0 Å². The highest BCUT2D eigenvalue weighted by Gasteiger charge is 2.35. The fourth-order valence-corrected chi connectivity index (χ4v) is 5.47. The van der Waals surface area contributed by atoms with Crippen LogP contribution in [0.25, 0.3) is 11.1 Å². The number of allylic oxidation sites excluding steroid dienone is 2. The fourth-order valence-electron chi connectivity index (χ4n) is 5.47. The Kier molecular flexibility index (Phi) is 6.14. The quantitative estimate of drug-likeness (QED) is 0.608. The number of aliphatic hydroxyl groups is 1. The smallest absolute Gasteiger partial charge is 0.226 e. The van der Waals surface area contributed by atoms with E-state index in [2.05, 4.69) is 40.7 Å². The maximum atomic E-state index is 12.7. The number of imidazole rings is 1. The van der Waals surface area contributed by atoms with Gasteiger partial charge in [0.25, 0.3) is 0 Å². The first-order valence-electron chi connectivity index (χ1n) is 11.9. The summed E-state index contributed by atoms with van der Waals surface area (Å²) < 4.78 is 2.21. The second-order valence-electron chi connectivity index (χ2n) is 9.29. The van der Waals surface area contributed by atoms with Gasteiger partial charge in [0.2, 0.25) is 5.91 Å². The topological polar surface area (TPSA) is 58.4 Å². The molecule has 1 saturated heterocycles. The van der Waals surface area contributed by atoms with E-state index >= 15 is 0 Å². The van der Waals surface area contributed by atoms with Crippen molar-refractivity contribution in [2.45, 2.75) is 44.8 Å². The molecule has 2 aromatic carbocycles. The third-order valence-corrected chi connectivity index (χ3v) is 7.31. The van der Waals surface area contributed by atoms with Crippen molar-refractivity contribution < 1.29 is 9.90 Å². The van der Waals surface area contributed by atoms with Crippen molar-refractivity contribution in [3.05, 3.63) is 90.0 Å². The van der Waals surface area contributed by atoms with Crippen molar-refractivity contribution in [3.8, 4) is 0 Å². The summed E-state index contributed by atoms with van der Waals surface area (Å²) in [6.07, 6.45) is 6.18. The van der Waals surface area contributed by atoms with Crippen molar-refractivity contribution in [2.75, 3.05) is 13.1 Å². The minimum Gasteiger partial charge on any atom is -0.393 e. The van der Waals surface area contributed by atoms with E-state index in [1.54, 1.807) is 0 Å². The molecular weight excluding hydrogens is 410 g/mol. The molecule has 3 heterocycles. The normalized spacial score (nSPS) is 19.6. The Hall–Kier alpha value is -3.18. The minimum absolute atomic E-state index is 0.0812. The largest absolute Gasteiger partial charge is 0.393 e. The van der Waals surface area contributed by atoms with E-state index in [9.17, 15) is 9.90 Å². The van der Waals surface area contributed by atoms with Gasteiger partial charge in [-0.15, -0.1) is 0 Å². The molecule has 5 nitrogen and oxygen atoms in total. The minimum atomic E-state index is -0.416. The van der Waals surface area contributed by atoms with Crippen molar-refractivity contribution in [2.24, 2.45) is 5.92 Å². The van der Waals surface area contributed by atoms with E-state index in [0.717, 1.165) is 37.2 Å². The maximum Gasteiger partial charge on any atom is 0.226 e. The summed E-state index contributed by atoms with van der Waals surface area (Å²) in [6, 6.07) is 20.5. The van der Waals surface area contributed by atoms with Gasteiger partial charge in [0, 0.05) is 13.1 Å². The number of benzene rings is 2. The molecule has 2 aliphatic rings. The lowest BCUT2D eigenvalue weighted by Gasteiger charge is -2.35. The number of hydrogen-bond acceptors (Lipinski definition) is 3. The fraction of sp³-hybridized carbons (Fsp3) is 0.357. The van der Waals surface area contributed by atoms with E-state index in [1.807, 2.05) is 53.8 Å². The summed E-state index contributed by atoms with van der Waals surface area (Å²) in [6.45, 7) is 3.59. The predicted octanol–water partition coefficient (Wildman–Crippen LogP) is 4.60. The molecule has 5 rings (SSSR count). The summed E-state index contributed by atoms with van der Waals surface area (Å²) in [7, 11) is 0. The first-order chi connectivity index (χ1) is 16.1. The molecular formula is C28H31N3O2. The molecule has 2 atom stereocenters. The number of rotatable bonds is 6. The Morgan fingerprint density at radius 1 is 1.06 bits per heavy atom. The summed E-state index contributed by atoms with van der Waals surface area (Å²) in [5.74, 6) is 0.383. The molecule has 170 valence electrons. The third-order valence-electron chi connectivity index (χ3n) is 7.31. The summed E-state index contributed by atoms with van der Waals surface area (Å²) in [5.41, 5.74) is 5.90. The molecule has 5 heteroatoms. The summed E-state index contributed by atoms with van der Waals surface area (Å²) in [4.78, 5) is 19.0. The number of nitrogens with zero attached hydrogens (tertiary/aromatic N) is 3. The number of carbonyl (C=O) groups is 1. The van der Waals surface area contributed by atoms with Gasteiger partial charge in [-0.2, -0.15) is 0 Å². The third kappa shape index (κ3) is 4.38. The molecule has 0 bridgehead atoms. The van der Waals surface area contributed by atoms with Crippen LogP contribution in [0.15, 0.2) is 73.2 Å². The first kappa shape index (κ1) is 21.7. The van der Waals surface area contributed by atoms with Crippen LogP contribution in [-0.2, 0) is 11.2 Å². The molecule has 0 spiro atoms. The van der Waals surface area contributed by atoms with Crippen molar-refractivity contribution in [1.82, 2.24) is 14.5 Å². The zero-order valence-corrected chi connectivity index (χ0v) is 19.1. The van der Waals surface area contributed by atoms with Gasteiger partial charge in [-0.05, 0) is 54.4 Å². The maximum absolute atomic E-state index is 12.7. The van der Waals surface area contributed by atoms with Crippen molar-refractivity contribution in [1.29, 1.82) is 0 Å². The standard InChI is InChI=1S/C28H31N3O2/c1-20-25-18-29-19-31(25)24(28(20)23-10-6-3-7-11-23)17-26(32)22-12-14-30(15-13-22)27(33)16-21-8-4-2-5-9-21/h2-11,18-19,22,24,26,32H,12-17H2,1H3. The van der Waals surface area contributed by atoms with Crippen LogP contribution in [0.5, 0.6) is 0 Å². The Morgan fingerprint density at radius 3 is 2.42 bits per heavy atom. The lowest BCUT2D eigenvalue weighted by Crippen LogP contribution is -2.42. The second-order valence-corrected chi connectivity index (χ2v) is 9.29. The number of piperidine rings is 1. The molecule has 2 unspecified atom stereocenters. The summed E-state index contributed by atoms with van der Waals surface area (Å²) in [5, 5.41) is 11.2. The Balaban J connectivity index is 1.24. The number of carbonyl (C=O) groups excluding carboxylic acids is 1. The predicted molar refractivity (Wildman–Crippen MR) is 130 cm³/mol. The molecule has 1 amide bonds. The zero-order chi connectivity index (χ0) is 22.8. The Labute approximate surface area is 195 Å². The van der Waals surface area contributed by atoms with Crippen molar-refractivity contribution in [3.63, 3.8) is 0 Å². The Bertz CT molecular complexity index is 1130. The van der Waals surface area contributed by atoms with E-state index in [0.29, 0.717) is 12.8 Å². The lowest BCUT2D eigenvalue weighted by atomic mass is 9.85. The second kappa shape index (κ2) is 9.36. The highest BCUT2D eigenvalue weighted by Crippen LogP contribution is 2.45. The molecule has 2 aliphatic heterocycles. The highest BCUT2D eigenvalue weighted by molar-refractivity contribution is 5.93. The summed E-state index contributed by atoms with van der Waals surface area (Å²) >= 11 is 0. The van der Waals surface area contributed by atoms with Gasteiger partial charge < -0.3 is 14.6 Å². The number of fused-ring (bicyclic) bond motifs is 1. The van der Waals surface area contributed by atoms with Gasteiger partial charge in [-0.25, -0.2) is 4.98 Å². The molecule has 0 aliphatic carbocycles. The van der Waals surface area contributed by atoms with Gasteiger partial charge in [0.05, 0.1) is 36.8 Å². The van der Waals surface area contributed by atoms with Gasteiger partial charge in [0.15, 0.2) is 0 Å². The van der Waals surface area contributed by atoms with E-state index in [4.69, 9.17) is 0 Å². The molecule has 0 saturated carbocycles. The van der Waals surface area contributed by atoms with Crippen LogP contribution in [0.3, 0.4) is 0 Å². The van der Waals surface area contributed by atoms with Crippen LogP contribution in [0.4, 0.5) is 0 Å². The van der Waals surface area contributed by atoms with Crippen LogP contribution >= 0.6 is 0 Å². The number of aromatic nitrogens is 2. The first-order valence-corrected chi connectivity index (χ1v) is 11.9. The van der Waals surface area contributed by atoms with Gasteiger partial charge in [-0.1, -0.05) is 60.7 Å². The van der Waals surface area contributed by atoms with Crippen LogP contribution < -0.4 is 0 Å². The van der Waals surface area contributed by atoms with E-state index < -0.39 is 6.10 Å². The highest BCUT2D eigenvalue weighted by atomic mass is 16.3. The Morgan fingerprint density at radius 2 is 1.73 bits per heavy atom. The van der Waals surface area contributed by atoms with Gasteiger partial charge >= 0.3 is 0 Å². The molecule has 0 radical (unpaired) electrons. The van der Waals surface area contributed by atoms with E-state index in [1.165, 1.54) is 16.7 Å². The van der Waals surface area contributed by atoms with Crippen molar-refractivity contribution >= 4 is 17.1 Å². The van der Waals surface area contributed by atoms with Gasteiger partial charge in [-0.3, -0.25) is 4.79 Å². The number of hydrogen-bond donors (Lipinski definition) is 1. The zero-order valence-electron chi connectivity index (χ0n) is 19.1. The molecule has 33 heavy (non-hydrogen) atoms. The average Bonchev–Trinajstić information content (AvgIpc) is 3.43. The monoisotopic (exact) mass is 441 g/mol. The lowest BCUT2D eigenvalue weighted by molar-refractivity contribution is -0.132. The number of aliphatic hydroxyl groups excluding tert-OH is 1. The van der Waals surface area contributed by atoms with Crippen LogP contribution in [0, 0.1) is 5.92 Å². The number of likely N-dealkylation sites (tertiary alicyclic amines) is 1. The SMILES string of the molecule is CC1=C(c2ccccc2)C(CC(O)C2CCN(C(=O)Cc3ccccc3)CC2)n2cncc21. The van der Waals surface area contributed by atoms with Crippen LogP contribution in [0.1, 0.15) is 49.0 Å². The molecule has 1 fully saturated rings. The average molecular weight is 442 g/mol. The van der Waals surface area contributed by atoms with E-state index in [-0.39, 0.29) is 17.9 Å². The van der Waals surface area contributed by atoms with Crippen LogP contribution in [-0.4, -0.2) is 44.7 Å². The molecule has 1 aromatic heterocycles. The van der Waals surface area contributed by atoms with Crippen LogP contribution in [0.2, 0.25) is 0 Å². The molecule has 1 N–H and O–H groups in total. The number of amides is 1.